The summed E-state index contributed by atoms with van der Waals surface area (Å²) in [6, 6.07) is 15.1. The number of benzene rings is 2. The van der Waals surface area contributed by atoms with E-state index in [0.717, 1.165) is 0 Å². The van der Waals surface area contributed by atoms with Crippen LogP contribution in [-0.4, -0.2) is 47.6 Å². The molecule has 0 aliphatic carbocycles. The van der Waals surface area contributed by atoms with Crippen molar-refractivity contribution >= 4 is 23.6 Å². The minimum Gasteiger partial charge on any atom is -0.497 e. The molecule has 8 nitrogen and oxygen atoms in total. The number of nitrogens with zero attached hydrogens (tertiary/aromatic N) is 1. The molecule has 34 heavy (non-hydrogen) atoms. The zero-order valence-electron chi connectivity index (χ0n) is 21.0. The second-order valence-electron chi connectivity index (χ2n) is 9.82. The van der Waals surface area contributed by atoms with Crippen molar-refractivity contribution in [3.8, 4) is 5.75 Å². The molecule has 2 N–H and O–H groups in total. The lowest BCUT2D eigenvalue weighted by Crippen LogP contribution is -2.54. The Hall–Kier alpha value is -3.55. The van der Waals surface area contributed by atoms with Gasteiger partial charge in [0.25, 0.3) is 5.91 Å². The van der Waals surface area contributed by atoms with Crippen LogP contribution in [-0.2, 0) is 14.3 Å². The Morgan fingerprint density at radius 1 is 0.912 bits per heavy atom. The predicted octanol–water partition coefficient (Wildman–Crippen LogP) is 4.53. The Balaban J connectivity index is 2.34. The molecule has 3 amide bonds. The van der Waals surface area contributed by atoms with Crippen molar-refractivity contribution in [1.29, 1.82) is 0 Å². The average molecular weight is 470 g/mol. The van der Waals surface area contributed by atoms with Crippen molar-refractivity contribution in [2.45, 2.75) is 58.7 Å². The monoisotopic (exact) mass is 469 g/mol. The fraction of sp³-hybridized carbons (Fsp3) is 0.423. The number of hydrogen-bond acceptors (Lipinski definition) is 5. The van der Waals surface area contributed by atoms with Crippen molar-refractivity contribution < 1.29 is 23.9 Å². The molecule has 8 heteroatoms. The van der Waals surface area contributed by atoms with Crippen LogP contribution >= 0.6 is 0 Å². The van der Waals surface area contributed by atoms with Crippen LogP contribution in [0.5, 0.6) is 5.75 Å². The molecule has 0 saturated carbocycles. The fourth-order valence-electron chi connectivity index (χ4n) is 3.39. The van der Waals surface area contributed by atoms with Gasteiger partial charge in [0.05, 0.1) is 7.11 Å². The van der Waals surface area contributed by atoms with Crippen LogP contribution in [0.4, 0.5) is 10.5 Å². The van der Waals surface area contributed by atoms with Gasteiger partial charge < -0.3 is 25.0 Å². The maximum Gasteiger partial charge on any atom is 0.408 e. The van der Waals surface area contributed by atoms with Gasteiger partial charge in [-0.2, -0.15) is 0 Å². The van der Waals surface area contributed by atoms with Crippen molar-refractivity contribution in [2.24, 2.45) is 0 Å². The summed E-state index contributed by atoms with van der Waals surface area (Å²) >= 11 is 0. The summed E-state index contributed by atoms with van der Waals surface area (Å²) in [5, 5.41) is 5.40. The number of ether oxygens (including phenoxy) is 2. The second-order valence-corrected chi connectivity index (χ2v) is 9.82. The second kappa shape index (κ2) is 11.0. The molecule has 0 heterocycles. The molecule has 1 atom stereocenters. The highest BCUT2D eigenvalue weighted by Gasteiger charge is 2.38. The lowest BCUT2D eigenvalue weighted by molar-refractivity contribution is -0.144. The van der Waals surface area contributed by atoms with Crippen LogP contribution in [0.1, 0.15) is 53.1 Å². The van der Waals surface area contributed by atoms with Crippen molar-refractivity contribution in [2.75, 3.05) is 19.0 Å². The summed E-state index contributed by atoms with van der Waals surface area (Å²) in [6.45, 7) is 10.4. The minimum absolute atomic E-state index is 0.314. The molecule has 0 aliphatic rings. The van der Waals surface area contributed by atoms with E-state index in [2.05, 4.69) is 10.6 Å². The molecule has 0 aromatic heterocycles. The van der Waals surface area contributed by atoms with Gasteiger partial charge in [-0.05, 0) is 71.4 Å². The van der Waals surface area contributed by atoms with Crippen LogP contribution < -0.4 is 15.4 Å². The Kier molecular flexibility index (Phi) is 8.68. The first-order chi connectivity index (χ1) is 15.8. The van der Waals surface area contributed by atoms with Crippen molar-refractivity contribution in [1.82, 2.24) is 10.2 Å². The van der Waals surface area contributed by atoms with E-state index >= 15 is 0 Å². The van der Waals surface area contributed by atoms with Gasteiger partial charge in [0.2, 0.25) is 5.91 Å². The average Bonchev–Trinajstić information content (AvgIpc) is 2.74. The summed E-state index contributed by atoms with van der Waals surface area (Å²) in [7, 11) is 1.57. The lowest BCUT2D eigenvalue weighted by atomic mass is 9.96. The van der Waals surface area contributed by atoms with Gasteiger partial charge in [-0.3, -0.25) is 9.59 Å². The SMILES string of the molecule is COc1ccc(NC(=O)C(c2ccccc2)N(C(=O)CNC(=O)OC(C)(C)C)C(C)(C)C)cc1. The molecular weight excluding hydrogens is 434 g/mol. The fourth-order valence-corrected chi connectivity index (χ4v) is 3.39. The highest BCUT2D eigenvalue weighted by Crippen LogP contribution is 2.30. The molecule has 0 radical (unpaired) electrons. The summed E-state index contributed by atoms with van der Waals surface area (Å²) < 4.78 is 10.4. The first-order valence-electron chi connectivity index (χ1n) is 11.1. The third kappa shape index (κ3) is 7.79. The number of nitrogens with one attached hydrogen (secondary N) is 2. The number of anilines is 1. The van der Waals surface area contributed by atoms with Crippen LogP contribution in [0.15, 0.2) is 54.6 Å². The topological polar surface area (TPSA) is 97.0 Å². The number of amides is 3. The zero-order valence-corrected chi connectivity index (χ0v) is 21.0. The van der Waals surface area contributed by atoms with Crippen molar-refractivity contribution in [3.05, 3.63) is 60.2 Å². The Labute approximate surface area is 201 Å². The molecule has 0 fully saturated rings. The number of rotatable bonds is 7. The summed E-state index contributed by atoms with van der Waals surface area (Å²) in [4.78, 5) is 40.5. The van der Waals surface area contributed by atoms with E-state index in [0.29, 0.717) is 17.0 Å². The van der Waals surface area contributed by atoms with E-state index in [4.69, 9.17) is 9.47 Å². The molecule has 1 unspecified atom stereocenters. The van der Waals surface area contributed by atoms with E-state index in [1.54, 1.807) is 64.3 Å². The third-order valence-corrected chi connectivity index (χ3v) is 4.75. The Bertz CT molecular complexity index is 976. The summed E-state index contributed by atoms with van der Waals surface area (Å²) in [5.41, 5.74) is -0.208. The molecular formula is C26H35N3O5. The van der Waals surface area contributed by atoms with Crippen LogP contribution in [0, 0.1) is 0 Å². The Morgan fingerprint density at radius 2 is 1.50 bits per heavy atom. The first kappa shape index (κ1) is 26.7. The van der Waals surface area contributed by atoms with Gasteiger partial charge in [0, 0.05) is 11.2 Å². The molecule has 0 saturated heterocycles. The Morgan fingerprint density at radius 3 is 2.00 bits per heavy atom. The third-order valence-electron chi connectivity index (χ3n) is 4.75. The van der Waals surface area contributed by atoms with Gasteiger partial charge in [-0.1, -0.05) is 30.3 Å². The number of carbonyl (C=O) groups excluding carboxylic acids is 3. The van der Waals surface area contributed by atoms with E-state index in [1.807, 2.05) is 39.0 Å². The number of methoxy groups -OCH3 is 1. The van der Waals surface area contributed by atoms with Crippen LogP contribution in [0.2, 0.25) is 0 Å². The molecule has 0 aliphatic heterocycles. The standard InChI is InChI=1S/C26H35N3O5/c1-25(2,3)29(21(30)17-27-24(32)34-26(4,5)6)22(18-11-9-8-10-12-18)23(31)28-19-13-15-20(33-7)16-14-19/h8-16,22H,17H2,1-7H3,(H,27,32)(H,28,31). The summed E-state index contributed by atoms with van der Waals surface area (Å²) in [5.74, 6) is -0.133. The lowest BCUT2D eigenvalue weighted by Gasteiger charge is -2.41. The van der Waals surface area contributed by atoms with E-state index < -0.39 is 29.2 Å². The quantitative estimate of drug-likeness (QED) is 0.621. The molecule has 0 bridgehead atoms. The molecule has 2 aromatic carbocycles. The van der Waals surface area contributed by atoms with Gasteiger partial charge in [0.1, 0.15) is 23.9 Å². The number of alkyl carbamates (subject to hydrolysis) is 1. The van der Waals surface area contributed by atoms with Gasteiger partial charge in [-0.25, -0.2) is 4.79 Å². The molecule has 184 valence electrons. The highest BCUT2D eigenvalue weighted by atomic mass is 16.6. The highest BCUT2D eigenvalue weighted by molar-refractivity contribution is 5.98. The largest absolute Gasteiger partial charge is 0.497 e. The van der Waals surface area contributed by atoms with Crippen LogP contribution in [0.25, 0.3) is 0 Å². The first-order valence-corrected chi connectivity index (χ1v) is 11.1. The summed E-state index contributed by atoms with van der Waals surface area (Å²) in [6.07, 6.45) is -0.700. The van der Waals surface area contributed by atoms with E-state index in [-0.39, 0.29) is 12.5 Å². The zero-order chi connectivity index (χ0) is 25.5. The number of carbonyl (C=O) groups is 3. The van der Waals surface area contributed by atoms with E-state index in [9.17, 15) is 14.4 Å². The minimum atomic E-state index is -0.934. The maximum atomic E-state index is 13.5. The maximum absolute atomic E-state index is 13.5. The number of hydrogen-bond donors (Lipinski definition) is 2. The van der Waals surface area contributed by atoms with Crippen molar-refractivity contribution in [3.63, 3.8) is 0 Å². The van der Waals surface area contributed by atoms with Crippen LogP contribution in [0.3, 0.4) is 0 Å². The van der Waals surface area contributed by atoms with E-state index in [1.165, 1.54) is 4.90 Å². The van der Waals surface area contributed by atoms with Gasteiger partial charge in [-0.15, -0.1) is 0 Å². The van der Waals surface area contributed by atoms with Gasteiger partial charge >= 0.3 is 6.09 Å². The molecule has 0 spiro atoms. The predicted molar refractivity (Wildman–Crippen MR) is 132 cm³/mol. The molecule has 2 rings (SSSR count). The molecule has 2 aromatic rings. The van der Waals surface area contributed by atoms with Gasteiger partial charge in [0.15, 0.2) is 0 Å². The normalized spacial score (nSPS) is 12.3. The smallest absolute Gasteiger partial charge is 0.408 e.